The molecule has 2 rings (SSSR count). The second-order valence-electron chi connectivity index (χ2n) is 4.28. The molecule has 1 heterocycles. The quantitative estimate of drug-likeness (QED) is 0.933. The highest BCUT2D eigenvalue weighted by Gasteiger charge is 2.24. The summed E-state index contributed by atoms with van der Waals surface area (Å²) in [5.74, 6) is -1.71. The molecular weight excluding hydrogens is 264 g/mol. The first-order valence-electron chi connectivity index (χ1n) is 5.82. The smallest absolute Gasteiger partial charge is 0.312 e. The van der Waals surface area contributed by atoms with Crippen LogP contribution in [0.3, 0.4) is 0 Å². The number of hydrogen-bond acceptors (Lipinski definition) is 3. The molecule has 0 radical (unpaired) electrons. The number of carboxylic acid groups (broad SMARTS) is 1. The first-order chi connectivity index (χ1) is 9.09. The fraction of sp³-hybridized carbons (Fsp3) is 0.214. The van der Waals surface area contributed by atoms with Gasteiger partial charge in [-0.15, -0.1) is 0 Å². The summed E-state index contributed by atoms with van der Waals surface area (Å²) in [5, 5.41) is 9.67. The summed E-state index contributed by atoms with van der Waals surface area (Å²) in [7, 11) is 0. The molecule has 5 heteroatoms. The van der Waals surface area contributed by atoms with Crippen LogP contribution in [-0.2, 0) is 11.2 Å². The number of benzene rings is 1. The maximum atomic E-state index is 11.4. The molecule has 1 N–H and O–H groups in total. The maximum Gasteiger partial charge on any atom is 0.312 e. The fourth-order valence-corrected chi connectivity index (χ4v) is 2.18. The molecule has 0 aliphatic heterocycles. The van der Waals surface area contributed by atoms with Crippen molar-refractivity contribution in [3.05, 3.63) is 58.6 Å². The Bertz CT molecular complexity index is 602. The predicted octanol–water partition coefficient (Wildman–Crippen LogP) is 2.85. The molecule has 1 aromatic carbocycles. The Hall–Kier alpha value is -1.94. The molecule has 0 spiro atoms. The van der Waals surface area contributed by atoms with Gasteiger partial charge in [0, 0.05) is 6.20 Å². The number of hydrogen-bond donors (Lipinski definition) is 1. The van der Waals surface area contributed by atoms with Gasteiger partial charge >= 0.3 is 5.97 Å². The monoisotopic (exact) mass is 276 g/mol. The van der Waals surface area contributed by atoms with Gasteiger partial charge in [0.2, 0.25) is 0 Å². The predicted molar refractivity (Wildman–Crippen MR) is 72.3 cm³/mol. The van der Waals surface area contributed by atoms with Crippen molar-refractivity contribution >= 4 is 17.6 Å². The first-order valence-corrected chi connectivity index (χ1v) is 6.20. The average molecular weight is 277 g/mol. The highest BCUT2D eigenvalue weighted by Crippen LogP contribution is 2.26. The van der Waals surface area contributed by atoms with Crippen molar-refractivity contribution in [3.8, 4) is 0 Å². The van der Waals surface area contributed by atoms with Crippen LogP contribution in [0.1, 0.15) is 22.7 Å². The van der Waals surface area contributed by atoms with Gasteiger partial charge in [-0.2, -0.15) is 0 Å². The highest BCUT2D eigenvalue weighted by molar-refractivity contribution is 6.31. The van der Waals surface area contributed by atoms with Gasteiger partial charge < -0.3 is 5.11 Å². The van der Waals surface area contributed by atoms with Crippen molar-refractivity contribution < 1.29 is 9.90 Å². The van der Waals surface area contributed by atoms with Crippen molar-refractivity contribution in [3.63, 3.8) is 0 Å². The molecule has 1 aromatic heterocycles. The molecule has 0 amide bonds. The van der Waals surface area contributed by atoms with Gasteiger partial charge in [-0.1, -0.05) is 35.9 Å². The van der Waals surface area contributed by atoms with E-state index >= 15 is 0 Å². The van der Waals surface area contributed by atoms with Crippen LogP contribution in [0.25, 0.3) is 0 Å². The van der Waals surface area contributed by atoms with Crippen LogP contribution in [0.5, 0.6) is 0 Å². The SMILES string of the molecule is Cc1ccccc1CC(C(=O)O)c1ncncc1Cl. The van der Waals surface area contributed by atoms with Gasteiger partial charge in [0.05, 0.1) is 10.7 Å². The van der Waals surface area contributed by atoms with Crippen molar-refractivity contribution in [1.29, 1.82) is 0 Å². The zero-order valence-corrected chi connectivity index (χ0v) is 11.1. The van der Waals surface area contributed by atoms with E-state index in [9.17, 15) is 9.90 Å². The summed E-state index contributed by atoms with van der Waals surface area (Å²) in [6.07, 6.45) is 3.09. The summed E-state index contributed by atoms with van der Waals surface area (Å²) < 4.78 is 0. The van der Waals surface area contributed by atoms with Crippen LogP contribution in [0.15, 0.2) is 36.8 Å². The van der Waals surface area contributed by atoms with Crippen molar-refractivity contribution in [2.24, 2.45) is 0 Å². The number of rotatable bonds is 4. The zero-order valence-electron chi connectivity index (χ0n) is 10.4. The van der Waals surface area contributed by atoms with E-state index in [-0.39, 0.29) is 5.02 Å². The molecule has 0 aliphatic rings. The lowest BCUT2D eigenvalue weighted by Crippen LogP contribution is -2.17. The summed E-state index contributed by atoms with van der Waals surface area (Å²) in [4.78, 5) is 19.2. The molecule has 4 nitrogen and oxygen atoms in total. The number of aliphatic carboxylic acids is 1. The molecule has 98 valence electrons. The van der Waals surface area contributed by atoms with Gasteiger partial charge in [-0.3, -0.25) is 4.79 Å². The van der Waals surface area contributed by atoms with E-state index in [4.69, 9.17) is 11.6 Å². The average Bonchev–Trinajstić information content (AvgIpc) is 2.38. The van der Waals surface area contributed by atoms with Gasteiger partial charge in [-0.25, -0.2) is 9.97 Å². The van der Waals surface area contributed by atoms with E-state index in [1.165, 1.54) is 12.5 Å². The normalized spacial score (nSPS) is 12.1. The number of aromatic nitrogens is 2. The van der Waals surface area contributed by atoms with Gasteiger partial charge in [0.25, 0.3) is 0 Å². The largest absolute Gasteiger partial charge is 0.481 e. The molecule has 0 saturated carbocycles. The van der Waals surface area contributed by atoms with Crippen molar-refractivity contribution in [2.75, 3.05) is 0 Å². The van der Waals surface area contributed by atoms with Crippen molar-refractivity contribution in [1.82, 2.24) is 9.97 Å². The van der Waals surface area contributed by atoms with Crippen molar-refractivity contribution in [2.45, 2.75) is 19.3 Å². The number of halogens is 1. The Morgan fingerprint density at radius 1 is 1.42 bits per heavy atom. The molecule has 1 unspecified atom stereocenters. The Morgan fingerprint density at radius 3 is 2.79 bits per heavy atom. The zero-order chi connectivity index (χ0) is 13.8. The van der Waals surface area contributed by atoms with E-state index in [2.05, 4.69) is 9.97 Å². The molecule has 0 bridgehead atoms. The summed E-state index contributed by atoms with van der Waals surface area (Å²) in [5.41, 5.74) is 2.39. The number of carbonyl (C=O) groups is 1. The Labute approximate surface area is 116 Å². The van der Waals surface area contributed by atoms with Crippen LogP contribution in [0.4, 0.5) is 0 Å². The maximum absolute atomic E-state index is 11.4. The standard InChI is InChI=1S/C14H13ClN2O2/c1-9-4-2-3-5-10(9)6-11(14(18)19)13-12(15)7-16-8-17-13/h2-5,7-8,11H,6H2,1H3,(H,18,19). The molecule has 0 saturated heterocycles. The van der Waals surface area contributed by atoms with Gasteiger partial charge in [0.15, 0.2) is 0 Å². The van der Waals surface area contributed by atoms with Crippen LogP contribution in [-0.4, -0.2) is 21.0 Å². The minimum atomic E-state index is -0.941. The van der Waals surface area contributed by atoms with E-state index < -0.39 is 11.9 Å². The van der Waals surface area contributed by atoms with Gasteiger partial charge in [0.1, 0.15) is 12.2 Å². The van der Waals surface area contributed by atoms with Crippen LogP contribution >= 0.6 is 11.6 Å². The molecule has 19 heavy (non-hydrogen) atoms. The third-order valence-corrected chi connectivity index (χ3v) is 3.30. The third-order valence-electron chi connectivity index (χ3n) is 3.01. The Morgan fingerprint density at radius 2 is 2.16 bits per heavy atom. The Kier molecular flexibility index (Phi) is 4.12. The summed E-state index contributed by atoms with van der Waals surface area (Å²) in [6, 6.07) is 7.69. The lowest BCUT2D eigenvalue weighted by molar-refractivity contribution is -0.138. The van der Waals surface area contributed by atoms with Gasteiger partial charge in [-0.05, 0) is 24.5 Å². The van der Waals surface area contributed by atoms with Crippen LogP contribution < -0.4 is 0 Å². The summed E-state index contributed by atoms with van der Waals surface area (Å²) >= 11 is 5.98. The van der Waals surface area contributed by atoms with E-state index in [0.29, 0.717) is 12.1 Å². The van der Waals surface area contributed by atoms with Crippen LogP contribution in [0.2, 0.25) is 5.02 Å². The third kappa shape index (κ3) is 3.09. The van der Waals surface area contributed by atoms with E-state index in [1.807, 2.05) is 31.2 Å². The van der Waals surface area contributed by atoms with E-state index in [1.54, 1.807) is 0 Å². The second kappa shape index (κ2) is 5.80. The molecule has 1 atom stereocenters. The molecule has 0 aliphatic carbocycles. The second-order valence-corrected chi connectivity index (χ2v) is 4.68. The lowest BCUT2D eigenvalue weighted by atomic mass is 9.93. The van der Waals surface area contributed by atoms with E-state index in [0.717, 1.165) is 11.1 Å². The molecule has 0 fully saturated rings. The fourth-order valence-electron chi connectivity index (χ4n) is 1.94. The number of aryl methyl sites for hydroxylation is 1. The minimum Gasteiger partial charge on any atom is -0.481 e. The minimum absolute atomic E-state index is 0.281. The first kappa shape index (κ1) is 13.5. The lowest BCUT2D eigenvalue weighted by Gasteiger charge is -2.14. The summed E-state index contributed by atoms with van der Waals surface area (Å²) in [6.45, 7) is 1.95. The number of carboxylic acids is 1. The Balaban J connectivity index is 2.35. The van der Waals surface area contributed by atoms with Crippen LogP contribution in [0, 0.1) is 6.92 Å². The number of nitrogens with zero attached hydrogens (tertiary/aromatic N) is 2. The molecule has 2 aromatic rings. The highest BCUT2D eigenvalue weighted by atomic mass is 35.5. The topological polar surface area (TPSA) is 63.1 Å². The molecular formula is C14H13ClN2O2.